The van der Waals surface area contributed by atoms with Gasteiger partial charge in [0, 0.05) is 17.9 Å². The third kappa shape index (κ3) is 48.3. The molecule has 0 aromatic heterocycles. The molecule has 0 aliphatic rings. The maximum Gasteiger partial charge on any atom is 0.107 e. The van der Waals surface area contributed by atoms with Crippen LogP contribution in [0.4, 0.5) is 0 Å². The number of hydrogen-bond donors (Lipinski definition) is 0. The largest absolute Gasteiger partial charge is 0.372 e. The highest BCUT2D eigenvalue weighted by molar-refractivity contribution is 4.82. The van der Waals surface area contributed by atoms with Crippen molar-refractivity contribution in [2.45, 2.75) is 0 Å². The minimum atomic E-state index is 0.417. The van der Waals surface area contributed by atoms with E-state index in [2.05, 4.69) is 10.7 Å². The lowest BCUT2D eigenvalue weighted by atomic mass is 10.8. The molecule has 0 aromatic carbocycles. The van der Waals surface area contributed by atoms with Gasteiger partial charge >= 0.3 is 0 Å². The predicted octanol–water partition coefficient (Wildman–Crippen LogP) is 0.296. The lowest BCUT2D eigenvalue weighted by molar-refractivity contribution is 0.240. The molecule has 3 nitrogen and oxygen atoms in total. The Kier molecular flexibility index (Phi) is 27.2. The molecule has 0 bridgehead atoms. The minimum absolute atomic E-state index is 0.417. The fraction of sp³-hybridized carbons (Fsp3) is 0.500. The molecule has 0 fully saturated rings. The van der Waals surface area contributed by atoms with Crippen LogP contribution in [0.3, 0.4) is 0 Å². The maximum absolute atomic E-state index is 6.00. The molecule has 0 spiro atoms. The third-order valence-electron chi connectivity index (χ3n) is 0.228. The highest BCUT2D eigenvalue weighted by Crippen LogP contribution is 1.53. The molecule has 0 heterocycles. The molecule has 0 aromatic rings. The third-order valence-corrected chi connectivity index (χ3v) is 0.228. The van der Waals surface area contributed by atoms with Crippen LogP contribution in [0.2, 0.25) is 0 Å². The Morgan fingerprint density at radius 1 is 1.71 bits per heavy atom. The molecule has 0 aliphatic heterocycles. The first-order valence-corrected chi connectivity index (χ1v) is 1.54. The number of rotatable bonds is 1. The average molecular weight is 98.1 g/mol. The molecule has 0 atom stereocenters. The van der Waals surface area contributed by atoms with Gasteiger partial charge in [-0.25, -0.2) is 0 Å². The first kappa shape index (κ1) is 9.34. The SMILES string of the molecule is C#CCOC.N#N. The summed E-state index contributed by atoms with van der Waals surface area (Å²) in [5, 5.41) is 12.0. The molecule has 0 saturated heterocycles. The van der Waals surface area contributed by atoms with Gasteiger partial charge in [0.25, 0.3) is 0 Å². The molecule has 0 N–H and O–H groups in total. The molecule has 0 rings (SSSR count). The molecule has 38 valence electrons. The van der Waals surface area contributed by atoms with E-state index in [9.17, 15) is 0 Å². The molecule has 0 unspecified atom stereocenters. The van der Waals surface area contributed by atoms with E-state index in [-0.39, 0.29) is 0 Å². The molecular formula is C4H6N2O. The van der Waals surface area contributed by atoms with Crippen molar-refractivity contribution in [1.29, 1.82) is 10.8 Å². The van der Waals surface area contributed by atoms with Crippen molar-refractivity contribution in [3.8, 4) is 12.3 Å². The fourth-order valence-electron chi connectivity index (χ4n) is 0.0833. The first-order valence-electron chi connectivity index (χ1n) is 1.54. The number of nitrogens with zero attached hydrogens (tertiary/aromatic N) is 2. The zero-order chi connectivity index (χ0) is 6.12. The van der Waals surface area contributed by atoms with Gasteiger partial charge in [-0.15, -0.1) is 6.42 Å². The summed E-state index contributed by atoms with van der Waals surface area (Å²) in [7, 11) is 1.57. The highest BCUT2D eigenvalue weighted by Gasteiger charge is 1.57. The van der Waals surface area contributed by atoms with E-state index in [4.69, 9.17) is 17.2 Å². The van der Waals surface area contributed by atoms with E-state index in [0.29, 0.717) is 6.61 Å². The maximum atomic E-state index is 6.00. The Labute approximate surface area is 42.7 Å². The van der Waals surface area contributed by atoms with Gasteiger partial charge in [-0.3, -0.25) is 0 Å². The van der Waals surface area contributed by atoms with Crippen LogP contribution in [0.5, 0.6) is 0 Å². The molecule has 0 radical (unpaired) electrons. The molecule has 0 saturated carbocycles. The smallest absolute Gasteiger partial charge is 0.107 e. The second-order valence-corrected chi connectivity index (χ2v) is 0.637. The van der Waals surface area contributed by atoms with Crippen molar-refractivity contribution < 1.29 is 4.74 Å². The lowest BCUT2D eigenvalue weighted by Crippen LogP contribution is -1.77. The quantitative estimate of drug-likeness (QED) is 0.350. The Hall–Kier alpha value is -1.06. The van der Waals surface area contributed by atoms with E-state index in [1.54, 1.807) is 7.11 Å². The van der Waals surface area contributed by atoms with Gasteiger partial charge < -0.3 is 4.74 Å². The molecule has 3 heteroatoms. The lowest BCUT2D eigenvalue weighted by Gasteiger charge is -1.76. The van der Waals surface area contributed by atoms with Crippen LogP contribution < -0.4 is 0 Å². The summed E-state index contributed by atoms with van der Waals surface area (Å²) < 4.78 is 4.45. The normalized spacial score (nSPS) is 4.86. The summed E-state index contributed by atoms with van der Waals surface area (Å²) in [4.78, 5) is 0. The predicted molar refractivity (Wildman–Crippen MR) is 24.2 cm³/mol. The van der Waals surface area contributed by atoms with E-state index >= 15 is 0 Å². The Morgan fingerprint density at radius 2 is 2.14 bits per heavy atom. The number of methoxy groups -OCH3 is 1. The van der Waals surface area contributed by atoms with Crippen molar-refractivity contribution in [2.75, 3.05) is 13.7 Å². The second-order valence-electron chi connectivity index (χ2n) is 0.637. The van der Waals surface area contributed by atoms with Crippen LogP contribution in [-0.4, -0.2) is 13.7 Å². The topological polar surface area (TPSA) is 56.8 Å². The van der Waals surface area contributed by atoms with E-state index in [1.165, 1.54) is 0 Å². The summed E-state index contributed by atoms with van der Waals surface area (Å²) in [6, 6.07) is 0. The number of hydrogen-bond acceptors (Lipinski definition) is 3. The van der Waals surface area contributed by atoms with Crippen LogP contribution in [0.25, 0.3) is 0 Å². The van der Waals surface area contributed by atoms with Crippen LogP contribution in [0.1, 0.15) is 0 Å². The molecule has 0 aliphatic carbocycles. The summed E-state index contributed by atoms with van der Waals surface area (Å²) in [5.74, 6) is 2.30. The second kappa shape index (κ2) is 20.4. The van der Waals surface area contributed by atoms with Crippen molar-refractivity contribution in [3.63, 3.8) is 0 Å². The average Bonchev–Trinajstić information content (AvgIpc) is 1.75. The van der Waals surface area contributed by atoms with Gasteiger partial charge in [0.2, 0.25) is 0 Å². The molecule has 7 heavy (non-hydrogen) atoms. The van der Waals surface area contributed by atoms with Crippen molar-refractivity contribution in [2.24, 2.45) is 0 Å². The monoisotopic (exact) mass is 98.0 g/mol. The fourth-order valence-corrected chi connectivity index (χ4v) is 0.0833. The minimum Gasteiger partial charge on any atom is -0.372 e. The van der Waals surface area contributed by atoms with Crippen LogP contribution in [0, 0.1) is 23.1 Å². The van der Waals surface area contributed by atoms with Gasteiger partial charge in [-0.2, -0.15) is 0 Å². The van der Waals surface area contributed by atoms with E-state index in [1.807, 2.05) is 0 Å². The summed E-state index contributed by atoms with van der Waals surface area (Å²) in [6.45, 7) is 0.417. The Bertz CT molecular complexity index is 71.5. The molecule has 0 amide bonds. The van der Waals surface area contributed by atoms with Gasteiger partial charge in [0.05, 0.1) is 0 Å². The Balaban J connectivity index is 0. The molecular weight excluding hydrogens is 92.1 g/mol. The van der Waals surface area contributed by atoms with Gasteiger partial charge in [0.15, 0.2) is 0 Å². The summed E-state index contributed by atoms with van der Waals surface area (Å²) >= 11 is 0. The van der Waals surface area contributed by atoms with Crippen molar-refractivity contribution >= 4 is 0 Å². The van der Waals surface area contributed by atoms with Crippen LogP contribution in [-0.2, 0) is 4.74 Å². The number of terminal acetylenes is 1. The van der Waals surface area contributed by atoms with Gasteiger partial charge in [-0.1, -0.05) is 5.92 Å². The zero-order valence-electron chi connectivity index (χ0n) is 4.09. The van der Waals surface area contributed by atoms with Gasteiger partial charge in [0.1, 0.15) is 6.61 Å². The van der Waals surface area contributed by atoms with E-state index < -0.39 is 0 Å². The summed E-state index contributed by atoms with van der Waals surface area (Å²) in [5.41, 5.74) is 0. The van der Waals surface area contributed by atoms with Crippen molar-refractivity contribution in [1.82, 2.24) is 0 Å². The summed E-state index contributed by atoms with van der Waals surface area (Å²) in [6.07, 6.45) is 4.76. The Morgan fingerprint density at radius 3 is 2.14 bits per heavy atom. The van der Waals surface area contributed by atoms with E-state index in [0.717, 1.165) is 0 Å². The van der Waals surface area contributed by atoms with Gasteiger partial charge in [-0.05, 0) is 0 Å². The van der Waals surface area contributed by atoms with Crippen molar-refractivity contribution in [3.05, 3.63) is 0 Å². The first-order chi connectivity index (χ1) is 3.41. The number of ether oxygens (including phenoxy) is 1. The standard InChI is InChI=1S/C4H6O.N2/c1-3-4-5-2;1-2/h1H,4H2,2H3;. The highest BCUT2D eigenvalue weighted by atomic mass is 16.5. The van der Waals surface area contributed by atoms with Crippen LogP contribution >= 0.6 is 0 Å². The zero-order valence-corrected chi connectivity index (χ0v) is 4.09. The van der Waals surface area contributed by atoms with Crippen LogP contribution in [0.15, 0.2) is 0 Å².